The number of thioether (sulfide) groups is 1. The summed E-state index contributed by atoms with van der Waals surface area (Å²) in [6.45, 7) is 4.27. The van der Waals surface area contributed by atoms with Crippen molar-refractivity contribution in [2.24, 2.45) is 11.5 Å². The highest BCUT2D eigenvalue weighted by Gasteiger charge is 2.33. The Morgan fingerprint density at radius 2 is 1.72 bits per heavy atom. The number of aliphatic hydroxyl groups excluding tert-OH is 1. The second-order valence-corrected chi connectivity index (χ2v) is 6.75. The fraction of sp³-hybridized carbons (Fsp3) is 0.294. The van der Waals surface area contributed by atoms with Gasteiger partial charge in [0.25, 0.3) is 0 Å². The molecule has 1 aromatic carbocycles. The number of benzene rings is 1. The molecule has 0 unspecified atom stereocenters. The van der Waals surface area contributed by atoms with Gasteiger partial charge in [0.15, 0.2) is 0 Å². The zero-order valence-electron chi connectivity index (χ0n) is 13.9. The summed E-state index contributed by atoms with van der Waals surface area (Å²) in [6, 6.07) is 9.65. The molecule has 0 fully saturated rings. The van der Waals surface area contributed by atoms with E-state index in [2.05, 4.69) is 28.1 Å². The fourth-order valence-corrected chi connectivity index (χ4v) is 3.40. The van der Waals surface area contributed by atoms with E-state index in [0.717, 1.165) is 16.2 Å². The minimum Gasteiger partial charge on any atom is -0.494 e. The largest absolute Gasteiger partial charge is 0.494 e. The van der Waals surface area contributed by atoms with E-state index >= 15 is 0 Å². The Morgan fingerprint density at radius 1 is 1.20 bits per heavy atom. The molecule has 25 heavy (non-hydrogen) atoms. The number of hydrogen-bond acceptors (Lipinski definition) is 7. The van der Waals surface area contributed by atoms with E-state index in [1.54, 1.807) is 13.0 Å². The SMILES string of the molecule is CCO.CCOc1ccc(Br)cc1C1C(C#N)=C(N)SC(N)=C1C#N. The second kappa shape index (κ2) is 10.00. The molecule has 1 aliphatic heterocycles. The minimum atomic E-state index is -0.615. The minimum absolute atomic E-state index is 0.250. The van der Waals surface area contributed by atoms with Crippen molar-refractivity contribution in [1.82, 2.24) is 0 Å². The Balaban J connectivity index is 0.000000970. The third-order valence-corrected chi connectivity index (χ3v) is 4.52. The topological polar surface area (TPSA) is 129 Å². The van der Waals surface area contributed by atoms with Crippen LogP contribution in [-0.2, 0) is 0 Å². The number of hydrogen-bond donors (Lipinski definition) is 3. The summed E-state index contributed by atoms with van der Waals surface area (Å²) < 4.78 is 6.44. The summed E-state index contributed by atoms with van der Waals surface area (Å²) in [5, 5.41) is 27.1. The molecule has 0 amide bonds. The van der Waals surface area contributed by atoms with Crippen LogP contribution in [0, 0.1) is 22.7 Å². The van der Waals surface area contributed by atoms with Gasteiger partial charge < -0.3 is 21.3 Å². The fourth-order valence-electron chi connectivity index (χ4n) is 2.24. The first-order chi connectivity index (χ1) is 11.9. The molecule has 0 saturated heterocycles. The molecule has 5 N–H and O–H groups in total. The molecule has 1 aliphatic rings. The molecule has 1 aromatic rings. The monoisotopic (exact) mass is 422 g/mol. The average molecular weight is 423 g/mol. The zero-order valence-corrected chi connectivity index (χ0v) is 16.3. The summed E-state index contributed by atoms with van der Waals surface area (Å²) in [6.07, 6.45) is 0. The first-order valence-electron chi connectivity index (χ1n) is 7.45. The molecule has 0 aromatic heterocycles. The lowest BCUT2D eigenvalue weighted by Gasteiger charge is -2.25. The number of nitriles is 2. The van der Waals surface area contributed by atoms with Crippen molar-refractivity contribution in [3.8, 4) is 17.9 Å². The van der Waals surface area contributed by atoms with E-state index < -0.39 is 5.92 Å². The lowest BCUT2D eigenvalue weighted by molar-refractivity contribution is 0.318. The van der Waals surface area contributed by atoms with Crippen molar-refractivity contribution in [3.05, 3.63) is 49.4 Å². The van der Waals surface area contributed by atoms with Crippen LogP contribution in [0.3, 0.4) is 0 Å². The zero-order chi connectivity index (χ0) is 19.0. The molecule has 6 nitrogen and oxygen atoms in total. The van der Waals surface area contributed by atoms with Gasteiger partial charge in [0, 0.05) is 16.6 Å². The predicted molar refractivity (Wildman–Crippen MR) is 102 cm³/mol. The van der Waals surface area contributed by atoms with Crippen molar-refractivity contribution in [2.75, 3.05) is 13.2 Å². The number of aliphatic hydroxyl groups is 1. The third-order valence-electron chi connectivity index (χ3n) is 3.15. The van der Waals surface area contributed by atoms with Crippen LogP contribution in [0.4, 0.5) is 0 Å². The van der Waals surface area contributed by atoms with Gasteiger partial charge in [-0.1, -0.05) is 27.7 Å². The first kappa shape index (κ1) is 20.9. The lowest BCUT2D eigenvalue weighted by Crippen LogP contribution is -2.19. The van der Waals surface area contributed by atoms with Crippen molar-refractivity contribution in [2.45, 2.75) is 19.8 Å². The molecule has 2 rings (SSSR count). The number of halogens is 1. The number of nitrogens with two attached hydrogens (primary N) is 2. The van der Waals surface area contributed by atoms with Gasteiger partial charge in [0.1, 0.15) is 5.75 Å². The maximum absolute atomic E-state index is 9.46. The number of rotatable bonds is 3. The van der Waals surface area contributed by atoms with Crippen LogP contribution in [-0.4, -0.2) is 18.3 Å². The second-order valence-electron chi connectivity index (χ2n) is 4.75. The van der Waals surface area contributed by atoms with Gasteiger partial charge in [-0.15, -0.1) is 0 Å². The van der Waals surface area contributed by atoms with Crippen LogP contribution in [0.5, 0.6) is 5.75 Å². The van der Waals surface area contributed by atoms with Gasteiger partial charge in [0.2, 0.25) is 0 Å². The normalized spacial score (nSPS) is 14.3. The van der Waals surface area contributed by atoms with Gasteiger partial charge in [-0.05, 0) is 32.0 Å². The summed E-state index contributed by atoms with van der Waals surface area (Å²) in [5.74, 6) is -0.0148. The van der Waals surface area contributed by atoms with Crippen molar-refractivity contribution >= 4 is 27.7 Å². The third kappa shape index (κ3) is 4.93. The highest BCUT2D eigenvalue weighted by molar-refractivity contribution is 9.10. The summed E-state index contributed by atoms with van der Waals surface area (Å²) in [4.78, 5) is 0. The average Bonchev–Trinajstić information content (AvgIpc) is 2.57. The van der Waals surface area contributed by atoms with Gasteiger partial charge in [-0.2, -0.15) is 10.5 Å². The van der Waals surface area contributed by atoms with Gasteiger partial charge in [0.05, 0.1) is 45.9 Å². The molecule has 132 valence electrons. The van der Waals surface area contributed by atoms with Crippen LogP contribution < -0.4 is 16.2 Å². The summed E-state index contributed by atoms with van der Waals surface area (Å²) >= 11 is 4.45. The van der Waals surface area contributed by atoms with E-state index in [-0.39, 0.29) is 6.61 Å². The lowest BCUT2D eigenvalue weighted by atomic mass is 9.85. The molecule has 0 atom stereocenters. The maximum atomic E-state index is 9.46. The van der Waals surface area contributed by atoms with Crippen molar-refractivity contribution in [3.63, 3.8) is 0 Å². The van der Waals surface area contributed by atoms with Crippen molar-refractivity contribution in [1.29, 1.82) is 10.5 Å². The van der Waals surface area contributed by atoms with E-state index in [4.69, 9.17) is 21.3 Å². The van der Waals surface area contributed by atoms with Crippen LogP contribution >= 0.6 is 27.7 Å². The Bertz CT molecular complexity index is 742. The van der Waals surface area contributed by atoms with Crippen LogP contribution in [0.15, 0.2) is 43.9 Å². The van der Waals surface area contributed by atoms with E-state index in [0.29, 0.717) is 39.1 Å². The Kier molecular flexibility index (Phi) is 8.36. The maximum Gasteiger partial charge on any atom is 0.123 e. The van der Waals surface area contributed by atoms with Gasteiger partial charge in [-0.25, -0.2) is 0 Å². The summed E-state index contributed by atoms with van der Waals surface area (Å²) in [7, 11) is 0. The highest BCUT2D eigenvalue weighted by atomic mass is 79.9. The number of nitrogens with zero attached hydrogens (tertiary/aromatic N) is 2. The molecular weight excluding hydrogens is 404 g/mol. The molecular formula is C17H19BrN4O2S. The number of allylic oxidation sites excluding steroid dienone is 2. The Hall–Kier alpha value is -2.13. The molecule has 8 heteroatoms. The van der Waals surface area contributed by atoms with E-state index in [1.165, 1.54) is 0 Å². The Labute approximate surface area is 159 Å². The molecule has 0 bridgehead atoms. The molecule has 0 aliphatic carbocycles. The highest BCUT2D eigenvalue weighted by Crippen LogP contribution is 2.46. The van der Waals surface area contributed by atoms with Crippen LogP contribution in [0.1, 0.15) is 25.3 Å². The molecule has 0 radical (unpaired) electrons. The molecule has 0 saturated carbocycles. The van der Waals surface area contributed by atoms with E-state index in [1.807, 2.05) is 19.1 Å². The van der Waals surface area contributed by atoms with E-state index in [9.17, 15) is 10.5 Å². The summed E-state index contributed by atoms with van der Waals surface area (Å²) in [5.41, 5.74) is 13.2. The van der Waals surface area contributed by atoms with Crippen LogP contribution in [0.25, 0.3) is 0 Å². The molecule has 1 heterocycles. The van der Waals surface area contributed by atoms with Gasteiger partial charge in [-0.3, -0.25) is 0 Å². The van der Waals surface area contributed by atoms with Crippen LogP contribution in [0.2, 0.25) is 0 Å². The molecule has 0 spiro atoms. The number of ether oxygens (including phenoxy) is 1. The van der Waals surface area contributed by atoms with Gasteiger partial charge >= 0.3 is 0 Å². The Morgan fingerprint density at radius 3 is 2.16 bits per heavy atom. The first-order valence-corrected chi connectivity index (χ1v) is 9.06. The quantitative estimate of drug-likeness (QED) is 0.681. The standard InChI is InChI=1S/C15H13BrN4OS.C2H6O/c1-2-21-12-4-3-8(16)5-9(12)13-10(6-17)14(19)22-15(20)11(13)7-18;1-2-3/h3-5,13H,2,19-20H2,1H3;3H,2H2,1H3. The smallest absolute Gasteiger partial charge is 0.123 e. The predicted octanol–water partition coefficient (Wildman–Crippen LogP) is 3.06. The van der Waals surface area contributed by atoms with Crippen molar-refractivity contribution < 1.29 is 9.84 Å².